The minimum atomic E-state index is -0.424. The third-order valence-electron chi connectivity index (χ3n) is 2.45. The minimum absolute atomic E-state index is 0.0946. The summed E-state index contributed by atoms with van der Waals surface area (Å²) in [5, 5.41) is 0. The molecule has 0 unspecified atom stereocenters. The van der Waals surface area contributed by atoms with Gasteiger partial charge in [0.15, 0.2) is 0 Å². The summed E-state index contributed by atoms with van der Waals surface area (Å²) in [6.45, 7) is 0. The highest BCUT2D eigenvalue weighted by atomic mass is 32.1. The van der Waals surface area contributed by atoms with Crippen LogP contribution in [-0.4, -0.2) is 21.4 Å². The van der Waals surface area contributed by atoms with Crippen LogP contribution in [0.25, 0.3) is 0 Å². The minimum Gasteiger partial charge on any atom is -0.354 e. The maximum Gasteiger partial charge on any atom is 0.330 e. The third kappa shape index (κ3) is 2.15. The number of aromatic amines is 1. The first-order chi connectivity index (χ1) is 7.20. The van der Waals surface area contributed by atoms with Gasteiger partial charge in [-0.3, -0.25) is 14.3 Å². The summed E-state index contributed by atoms with van der Waals surface area (Å²) >= 11 is 4.14. The largest absolute Gasteiger partial charge is 0.354 e. The predicted octanol–water partition coefficient (Wildman–Crippen LogP) is 0.144. The van der Waals surface area contributed by atoms with E-state index in [1.807, 2.05) is 0 Å². The summed E-state index contributed by atoms with van der Waals surface area (Å²) in [5.74, 6) is 0.647. The molecule has 1 aliphatic rings. The molecule has 1 aromatic rings. The van der Waals surface area contributed by atoms with E-state index in [0.717, 1.165) is 12.8 Å². The van der Waals surface area contributed by atoms with E-state index in [2.05, 4.69) is 17.6 Å². The van der Waals surface area contributed by atoms with Crippen molar-refractivity contribution in [2.45, 2.75) is 25.2 Å². The average Bonchev–Trinajstić information content (AvgIpc) is 2.66. The number of thiol groups is 1. The van der Waals surface area contributed by atoms with Crippen LogP contribution in [0.3, 0.4) is 0 Å². The molecule has 0 amide bonds. The Balaban J connectivity index is 2.24. The van der Waals surface area contributed by atoms with Crippen LogP contribution in [-0.2, 0) is 4.74 Å². The maximum atomic E-state index is 11.4. The van der Waals surface area contributed by atoms with E-state index in [9.17, 15) is 9.59 Å². The molecule has 0 radical (unpaired) electrons. The van der Waals surface area contributed by atoms with Crippen molar-refractivity contribution in [1.29, 1.82) is 0 Å². The highest BCUT2D eigenvalue weighted by Gasteiger charge is 2.25. The molecule has 6 heteroatoms. The number of hydrogen-bond donors (Lipinski definition) is 2. The van der Waals surface area contributed by atoms with Crippen LogP contribution in [0.1, 0.15) is 19.1 Å². The van der Waals surface area contributed by atoms with Gasteiger partial charge in [0.1, 0.15) is 6.23 Å². The van der Waals surface area contributed by atoms with Gasteiger partial charge in [-0.15, -0.1) is 0 Å². The molecule has 0 spiro atoms. The zero-order chi connectivity index (χ0) is 10.8. The van der Waals surface area contributed by atoms with Crippen molar-refractivity contribution < 1.29 is 4.74 Å². The van der Waals surface area contributed by atoms with Crippen LogP contribution in [0.15, 0.2) is 21.9 Å². The average molecular weight is 228 g/mol. The lowest BCUT2D eigenvalue weighted by Gasteiger charge is -2.13. The molecule has 1 fully saturated rings. The van der Waals surface area contributed by atoms with Gasteiger partial charge in [0, 0.05) is 18.0 Å². The lowest BCUT2D eigenvalue weighted by Crippen LogP contribution is -2.31. The highest BCUT2D eigenvalue weighted by Crippen LogP contribution is 2.27. The molecule has 1 aromatic heterocycles. The Labute approximate surface area is 91.5 Å². The number of hydrogen-bond acceptors (Lipinski definition) is 4. The van der Waals surface area contributed by atoms with E-state index in [4.69, 9.17) is 4.74 Å². The topological polar surface area (TPSA) is 64.1 Å². The SMILES string of the molecule is O=c1ccn([C@H]2CC[C@@H](CS)O2)c(=O)[nH]1. The van der Waals surface area contributed by atoms with E-state index in [0.29, 0.717) is 5.75 Å². The predicted molar refractivity (Wildman–Crippen MR) is 58.3 cm³/mol. The number of ether oxygens (including phenoxy) is 1. The van der Waals surface area contributed by atoms with Crippen molar-refractivity contribution in [3.63, 3.8) is 0 Å². The molecule has 0 bridgehead atoms. The smallest absolute Gasteiger partial charge is 0.330 e. The number of H-pyrrole nitrogens is 1. The fraction of sp³-hybridized carbons (Fsp3) is 0.556. The van der Waals surface area contributed by atoms with Crippen molar-refractivity contribution in [1.82, 2.24) is 9.55 Å². The van der Waals surface area contributed by atoms with Crippen molar-refractivity contribution in [2.75, 3.05) is 5.75 Å². The second-order valence-corrected chi connectivity index (χ2v) is 3.86. The number of nitrogens with one attached hydrogen (secondary N) is 1. The molecule has 1 N–H and O–H groups in total. The first-order valence-electron chi connectivity index (χ1n) is 4.78. The molecule has 15 heavy (non-hydrogen) atoms. The molecule has 1 aliphatic heterocycles. The van der Waals surface area contributed by atoms with Gasteiger partial charge < -0.3 is 4.74 Å². The summed E-state index contributed by atoms with van der Waals surface area (Å²) in [6.07, 6.45) is 2.95. The molecule has 2 atom stereocenters. The van der Waals surface area contributed by atoms with Crippen LogP contribution in [0.2, 0.25) is 0 Å². The molecule has 2 rings (SSSR count). The standard InChI is InChI=1S/C9H12N2O3S/c12-7-3-4-11(9(13)10-7)8-2-1-6(5-15)14-8/h3-4,6,8,15H,1-2,5H2,(H,10,12,13)/t6-,8+/m0/s1. The quantitative estimate of drug-likeness (QED) is 0.708. The van der Waals surface area contributed by atoms with Gasteiger partial charge >= 0.3 is 5.69 Å². The van der Waals surface area contributed by atoms with Crippen LogP contribution < -0.4 is 11.2 Å². The van der Waals surface area contributed by atoms with Gasteiger partial charge in [-0.2, -0.15) is 12.6 Å². The Morgan fingerprint density at radius 1 is 1.53 bits per heavy atom. The molecule has 2 heterocycles. The number of rotatable bonds is 2. The second kappa shape index (κ2) is 4.24. The van der Waals surface area contributed by atoms with Gasteiger partial charge in [0.05, 0.1) is 6.10 Å². The van der Waals surface area contributed by atoms with E-state index in [-0.39, 0.29) is 17.9 Å². The number of aromatic nitrogens is 2. The molecule has 0 aliphatic carbocycles. The van der Waals surface area contributed by atoms with E-state index in [1.165, 1.54) is 16.8 Å². The van der Waals surface area contributed by atoms with E-state index >= 15 is 0 Å². The Morgan fingerprint density at radius 2 is 2.33 bits per heavy atom. The van der Waals surface area contributed by atoms with Crippen molar-refractivity contribution in [3.8, 4) is 0 Å². The van der Waals surface area contributed by atoms with Crippen molar-refractivity contribution in [3.05, 3.63) is 33.1 Å². The van der Waals surface area contributed by atoms with Crippen LogP contribution in [0.4, 0.5) is 0 Å². The molecule has 0 aromatic carbocycles. The van der Waals surface area contributed by atoms with Gasteiger partial charge in [-0.05, 0) is 12.8 Å². The summed E-state index contributed by atoms with van der Waals surface area (Å²) in [7, 11) is 0. The summed E-state index contributed by atoms with van der Waals surface area (Å²) in [6, 6.07) is 1.32. The second-order valence-electron chi connectivity index (χ2n) is 3.49. The summed E-state index contributed by atoms with van der Waals surface area (Å²) in [5.41, 5.74) is -0.813. The van der Waals surface area contributed by atoms with Crippen LogP contribution >= 0.6 is 12.6 Å². The lowest BCUT2D eigenvalue weighted by atomic mass is 10.2. The zero-order valence-electron chi connectivity index (χ0n) is 8.05. The van der Waals surface area contributed by atoms with Crippen molar-refractivity contribution >= 4 is 12.6 Å². The first-order valence-corrected chi connectivity index (χ1v) is 5.42. The third-order valence-corrected chi connectivity index (χ3v) is 2.86. The molecule has 1 saturated heterocycles. The Kier molecular flexibility index (Phi) is 2.97. The fourth-order valence-corrected chi connectivity index (χ4v) is 1.95. The van der Waals surface area contributed by atoms with Gasteiger partial charge in [-0.25, -0.2) is 4.79 Å². The first kappa shape index (κ1) is 10.5. The monoisotopic (exact) mass is 228 g/mol. The van der Waals surface area contributed by atoms with E-state index in [1.54, 1.807) is 0 Å². The van der Waals surface area contributed by atoms with Crippen LogP contribution in [0.5, 0.6) is 0 Å². The Bertz CT molecular complexity index is 453. The van der Waals surface area contributed by atoms with Gasteiger partial charge in [-0.1, -0.05) is 0 Å². The summed E-state index contributed by atoms with van der Waals surface area (Å²) < 4.78 is 6.99. The fourth-order valence-electron chi connectivity index (χ4n) is 1.68. The maximum absolute atomic E-state index is 11.4. The van der Waals surface area contributed by atoms with E-state index < -0.39 is 5.69 Å². The molecule has 5 nitrogen and oxygen atoms in total. The molecular formula is C9H12N2O3S. The lowest BCUT2D eigenvalue weighted by molar-refractivity contribution is 0.0102. The molecular weight excluding hydrogens is 216 g/mol. The highest BCUT2D eigenvalue weighted by molar-refractivity contribution is 7.80. The van der Waals surface area contributed by atoms with Crippen molar-refractivity contribution in [2.24, 2.45) is 0 Å². The summed E-state index contributed by atoms with van der Waals surface area (Å²) in [4.78, 5) is 24.5. The van der Waals surface area contributed by atoms with Crippen LogP contribution in [0, 0.1) is 0 Å². The molecule has 0 saturated carbocycles. The Morgan fingerprint density at radius 3 is 2.93 bits per heavy atom. The normalized spacial score (nSPS) is 25.7. The zero-order valence-corrected chi connectivity index (χ0v) is 8.94. The Hall–Kier alpha value is -1.01. The molecule has 82 valence electrons. The van der Waals surface area contributed by atoms with Gasteiger partial charge in [0.25, 0.3) is 5.56 Å². The number of nitrogens with zero attached hydrogens (tertiary/aromatic N) is 1. The van der Waals surface area contributed by atoms with Gasteiger partial charge in [0.2, 0.25) is 0 Å².